The Morgan fingerprint density at radius 1 is 1.30 bits per heavy atom. The Kier molecular flexibility index (Phi) is 9.30. The van der Waals surface area contributed by atoms with Crippen LogP contribution in [0.25, 0.3) is 10.2 Å². The van der Waals surface area contributed by atoms with Crippen LogP contribution >= 0.6 is 39.0 Å². The van der Waals surface area contributed by atoms with Gasteiger partial charge in [0.05, 0.1) is 21.8 Å². The summed E-state index contributed by atoms with van der Waals surface area (Å²) in [6.45, 7) is 2.32. The number of nitrogens with zero attached hydrogens (tertiary/aromatic N) is 2. The first kappa shape index (κ1) is 25.2. The molecule has 9 nitrogen and oxygen atoms in total. The Morgan fingerprint density at radius 2 is 2.09 bits per heavy atom. The van der Waals surface area contributed by atoms with E-state index in [0.29, 0.717) is 40.0 Å². The Labute approximate surface area is 207 Å². The highest BCUT2D eigenvalue weighted by atomic mass is 79.9. The molecule has 2 aromatic heterocycles. The molecule has 0 aliphatic heterocycles. The number of benzene rings is 1. The number of halogens is 1. The van der Waals surface area contributed by atoms with E-state index < -0.39 is 16.7 Å². The zero-order valence-corrected chi connectivity index (χ0v) is 21.2. The van der Waals surface area contributed by atoms with Crippen LogP contribution in [0.4, 0.5) is 0 Å². The number of para-hydroxylation sites is 1. The monoisotopic (exact) mass is 554 g/mol. The van der Waals surface area contributed by atoms with Gasteiger partial charge in [0.1, 0.15) is 10.4 Å². The largest absolute Gasteiger partial charge is 0.483 e. The Balaban J connectivity index is 1.81. The number of hydrogen-bond donors (Lipinski definition) is 2. The van der Waals surface area contributed by atoms with E-state index in [1.54, 1.807) is 36.8 Å². The summed E-state index contributed by atoms with van der Waals surface area (Å²) in [5.74, 6) is -0.237. The molecule has 1 unspecified atom stereocenters. The third kappa shape index (κ3) is 6.56. The van der Waals surface area contributed by atoms with Gasteiger partial charge in [-0.2, -0.15) is 4.68 Å². The predicted octanol–water partition coefficient (Wildman–Crippen LogP) is 3.00. The molecule has 0 aliphatic carbocycles. The van der Waals surface area contributed by atoms with Gasteiger partial charge in [0, 0.05) is 13.7 Å². The van der Waals surface area contributed by atoms with E-state index >= 15 is 0 Å². The van der Waals surface area contributed by atoms with Crippen molar-refractivity contribution in [1.29, 1.82) is 0 Å². The average Bonchev–Trinajstić information content (AvgIpc) is 3.28. The average molecular weight is 555 g/mol. The van der Waals surface area contributed by atoms with Gasteiger partial charge in [-0.3, -0.25) is 19.8 Å². The van der Waals surface area contributed by atoms with E-state index in [1.165, 1.54) is 11.3 Å². The number of methoxy groups -OCH3 is 1. The molecule has 1 atom stereocenters. The number of thiophene rings is 1. The van der Waals surface area contributed by atoms with Crippen LogP contribution in [0.2, 0.25) is 0 Å². The van der Waals surface area contributed by atoms with Crippen molar-refractivity contribution < 1.29 is 19.1 Å². The number of carbonyl (C=O) groups is 2. The minimum Gasteiger partial charge on any atom is -0.483 e. The van der Waals surface area contributed by atoms with Crippen LogP contribution in [-0.2, 0) is 14.3 Å². The normalized spacial score (nSPS) is 11.8. The smallest absolute Gasteiger partial charge is 0.291 e. The summed E-state index contributed by atoms with van der Waals surface area (Å²) < 4.78 is 12.7. The van der Waals surface area contributed by atoms with Crippen molar-refractivity contribution in [3.8, 4) is 5.75 Å². The van der Waals surface area contributed by atoms with Crippen molar-refractivity contribution in [2.24, 2.45) is 0 Å². The van der Waals surface area contributed by atoms with E-state index in [4.69, 9.17) is 9.47 Å². The number of fused-ring (bicyclic) bond motifs is 1. The van der Waals surface area contributed by atoms with Gasteiger partial charge in [0.25, 0.3) is 11.5 Å². The molecule has 0 saturated carbocycles. The van der Waals surface area contributed by atoms with Gasteiger partial charge in [-0.25, -0.2) is 4.98 Å². The molecular formula is C21H23BrN4O5S2. The molecule has 0 aliphatic rings. The molecule has 2 N–H and O–H groups in total. The fourth-order valence-corrected chi connectivity index (χ4v) is 4.93. The standard InChI is InChI=1S/C21H23BrN4O5S2/c1-3-16(19(28)23-9-10-30-2)33-21-24-14-8-11-32-18(14)20(29)26(21)25-17(27)12-31-15-7-5-4-6-13(15)22/h4-8,11,16H,3,9-10,12H2,1-2H3,(H,23,28)(H,25,27). The zero-order valence-electron chi connectivity index (χ0n) is 18.0. The number of rotatable bonds is 11. The molecule has 0 fully saturated rings. The fourth-order valence-electron chi connectivity index (χ4n) is 2.77. The molecule has 2 amide bonds. The molecule has 3 aromatic rings. The van der Waals surface area contributed by atoms with Crippen LogP contribution in [0.5, 0.6) is 5.75 Å². The van der Waals surface area contributed by atoms with Crippen molar-refractivity contribution in [2.75, 3.05) is 32.3 Å². The molecule has 2 heterocycles. The maximum Gasteiger partial charge on any atom is 0.291 e. The molecule has 0 spiro atoms. The first-order chi connectivity index (χ1) is 15.9. The lowest BCUT2D eigenvalue weighted by Gasteiger charge is -2.18. The van der Waals surface area contributed by atoms with E-state index in [1.807, 2.05) is 13.0 Å². The Morgan fingerprint density at radius 3 is 2.82 bits per heavy atom. The van der Waals surface area contributed by atoms with Crippen LogP contribution in [-0.4, -0.2) is 53.6 Å². The van der Waals surface area contributed by atoms with Crippen molar-refractivity contribution >= 4 is 61.1 Å². The number of amides is 2. The van der Waals surface area contributed by atoms with Gasteiger partial charge in [0.2, 0.25) is 5.91 Å². The Bertz CT molecular complexity index is 1180. The van der Waals surface area contributed by atoms with Gasteiger partial charge in [-0.05, 0) is 45.9 Å². The first-order valence-corrected chi connectivity index (χ1v) is 12.6. The summed E-state index contributed by atoms with van der Waals surface area (Å²) in [4.78, 5) is 42.7. The van der Waals surface area contributed by atoms with Crippen molar-refractivity contribution in [2.45, 2.75) is 23.8 Å². The lowest BCUT2D eigenvalue weighted by Crippen LogP contribution is -2.38. The molecule has 0 saturated heterocycles. The molecule has 3 rings (SSSR count). The molecule has 0 bridgehead atoms. The van der Waals surface area contributed by atoms with Crippen molar-refractivity contribution in [3.63, 3.8) is 0 Å². The van der Waals surface area contributed by atoms with Gasteiger partial charge >= 0.3 is 0 Å². The lowest BCUT2D eigenvalue weighted by atomic mass is 10.3. The molecule has 33 heavy (non-hydrogen) atoms. The summed E-state index contributed by atoms with van der Waals surface area (Å²) in [5.41, 5.74) is 2.66. The maximum absolute atomic E-state index is 13.1. The molecule has 176 valence electrons. The summed E-state index contributed by atoms with van der Waals surface area (Å²) in [6.07, 6.45) is 0.500. The summed E-state index contributed by atoms with van der Waals surface area (Å²) >= 11 is 5.71. The second-order valence-electron chi connectivity index (χ2n) is 6.72. The van der Waals surface area contributed by atoms with Gasteiger partial charge in [0.15, 0.2) is 11.8 Å². The Hall–Kier alpha value is -2.41. The minimum atomic E-state index is -0.537. The summed E-state index contributed by atoms with van der Waals surface area (Å²) in [7, 11) is 1.56. The molecule has 0 radical (unpaired) electrons. The van der Waals surface area contributed by atoms with E-state index in [-0.39, 0.29) is 17.7 Å². The summed E-state index contributed by atoms with van der Waals surface area (Å²) in [6, 6.07) is 8.86. The zero-order chi connectivity index (χ0) is 23.8. The van der Waals surface area contributed by atoms with Crippen LogP contribution in [0.1, 0.15) is 13.3 Å². The minimum absolute atomic E-state index is 0.200. The number of aromatic nitrogens is 2. The van der Waals surface area contributed by atoms with E-state index in [0.717, 1.165) is 16.4 Å². The number of hydrogen-bond acceptors (Lipinski definition) is 8. The van der Waals surface area contributed by atoms with Gasteiger partial charge in [-0.15, -0.1) is 11.3 Å². The van der Waals surface area contributed by atoms with Crippen LogP contribution in [0.3, 0.4) is 0 Å². The summed E-state index contributed by atoms with van der Waals surface area (Å²) in [5, 5.41) is 4.26. The maximum atomic E-state index is 13.1. The van der Waals surface area contributed by atoms with Gasteiger partial charge in [-0.1, -0.05) is 30.8 Å². The highest BCUT2D eigenvalue weighted by Crippen LogP contribution is 2.26. The van der Waals surface area contributed by atoms with Crippen molar-refractivity contribution in [3.05, 3.63) is 50.5 Å². The predicted molar refractivity (Wildman–Crippen MR) is 133 cm³/mol. The highest BCUT2D eigenvalue weighted by molar-refractivity contribution is 9.10. The molecular weight excluding hydrogens is 532 g/mol. The van der Waals surface area contributed by atoms with Crippen LogP contribution < -0.4 is 21.0 Å². The third-order valence-corrected chi connectivity index (χ3v) is 7.26. The fraction of sp³-hybridized carbons (Fsp3) is 0.333. The number of ether oxygens (including phenoxy) is 2. The lowest BCUT2D eigenvalue weighted by molar-refractivity contribution is -0.121. The molecule has 12 heteroatoms. The van der Waals surface area contributed by atoms with Crippen molar-refractivity contribution in [1.82, 2.24) is 15.0 Å². The van der Waals surface area contributed by atoms with Crippen LogP contribution in [0.15, 0.2) is 50.1 Å². The topological polar surface area (TPSA) is 112 Å². The number of nitrogens with one attached hydrogen (secondary N) is 2. The number of thioether (sulfide) groups is 1. The third-order valence-electron chi connectivity index (χ3n) is 4.40. The highest BCUT2D eigenvalue weighted by Gasteiger charge is 2.23. The first-order valence-electron chi connectivity index (χ1n) is 10.0. The molecule has 1 aromatic carbocycles. The quantitative estimate of drug-likeness (QED) is 0.213. The van der Waals surface area contributed by atoms with Gasteiger partial charge < -0.3 is 14.8 Å². The number of carbonyl (C=O) groups excluding carboxylic acids is 2. The SMILES string of the molecule is CCC(Sc1nc2ccsc2c(=O)n1NC(=O)COc1ccccc1Br)C(=O)NCCOC. The van der Waals surface area contributed by atoms with Crippen LogP contribution in [0, 0.1) is 0 Å². The van der Waals surface area contributed by atoms with E-state index in [2.05, 4.69) is 31.7 Å². The second-order valence-corrected chi connectivity index (χ2v) is 9.66. The second kappa shape index (κ2) is 12.2. The van der Waals surface area contributed by atoms with E-state index in [9.17, 15) is 14.4 Å².